The van der Waals surface area contributed by atoms with E-state index >= 15 is 0 Å². The predicted octanol–water partition coefficient (Wildman–Crippen LogP) is 3.20. The second-order valence-electron chi connectivity index (χ2n) is 3.34. The minimum absolute atomic E-state index is 0.113. The van der Waals surface area contributed by atoms with Gasteiger partial charge < -0.3 is 5.73 Å². The number of nitrogens with two attached hydrogens (primary N) is 1. The molecule has 0 amide bonds. The fourth-order valence-corrected chi connectivity index (χ4v) is 2.24. The van der Waals surface area contributed by atoms with Crippen molar-refractivity contribution in [2.75, 3.05) is 5.73 Å². The van der Waals surface area contributed by atoms with Gasteiger partial charge in [-0.25, -0.2) is 0 Å². The Bertz CT molecular complexity index is 485. The summed E-state index contributed by atoms with van der Waals surface area (Å²) >= 11 is 1.51. The van der Waals surface area contributed by atoms with Gasteiger partial charge in [-0.3, -0.25) is 4.79 Å². The summed E-state index contributed by atoms with van der Waals surface area (Å²) in [5, 5.41) is 0. The molecule has 2 aromatic rings. The highest BCUT2D eigenvalue weighted by Crippen LogP contribution is 2.28. The lowest BCUT2D eigenvalue weighted by molar-refractivity contribution is 0.102. The number of hydrogen-bond acceptors (Lipinski definition) is 3. The largest absolute Gasteiger partial charge is 0.399 e. The molecule has 0 saturated carbocycles. The van der Waals surface area contributed by atoms with Crippen molar-refractivity contribution in [1.82, 2.24) is 0 Å². The molecule has 0 radical (unpaired) electrons. The lowest BCUT2D eigenvalue weighted by Crippen LogP contribution is -1.83. The quantitative estimate of drug-likeness (QED) is 0.620. The van der Waals surface area contributed by atoms with Gasteiger partial charge in [-0.15, -0.1) is 11.3 Å². The van der Waals surface area contributed by atoms with E-state index in [1.165, 1.54) is 11.3 Å². The Hall–Kier alpha value is -1.61. The first-order chi connectivity index (χ1) is 7.16. The van der Waals surface area contributed by atoms with E-state index in [4.69, 9.17) is 5.73 Å². The van der Waals surface area contributed by atoms with Crippen molar-refractivity contribution in [3.05, 3.63) is 41.3 Å². The van der Waals surface area contributed by atoms with Gasteiger partial charge in [0.15, 0.2) is 5.78 Å². The molecule has 0 aliphatic carbocycles. The zero-order valence-electron chi connectivity index (χ0n) is 8.36. The van der Waals surface area contributed by atoms with Gasteiger partial charge >= 0.3 is 0 Å². The molecule has 2 N–H and O–H groups in total. The van der Waals surface area contributed by atoms with Crippen molar-refractivity contribution in [2.45, 2.75) is 6.92 Å². The molecule has 0 fully saturated rings. The average Bonchev–Trinajstić information content (AvgIpc) is 2.68. The average molecular weight is 217 g/mol. The molecule has 3 heteroatoms. The van der Waals surface area contributed by atoms with Crippen LogP contribution in [0.15, 0.2) is 36.4 Å². The minimum atomic E-state index is 0.113. The number of Topliss-reactive ketones (excluding diaryl/α,β-unsaturated/α-hetero) is 1. The maximum atomic E-state index is 11.1. The Labute approximate surface area is 92.4 Å². The van der Waals surface area contributed by atoms with Crippen molar-refractivity contribution >= 4 is 22.8 Å². The zero-order valence-corrected chi connectivity index (χ0v) is 9.17. The Morgan fingerprint density at radius 3 is 2.33 bits per heavy atom. The smallest absolute Gasteiger partial charge is 0.169 e. The maximum Gasteiger partial charge on any atom is 0.169 e. The normalized spacial score (nSPS) is 10.2. The summed E-state index contributed by atoms with van der Waals surface area (Å²) in [6.45, 7) is 1.58. The fourth-order valence-electron chi connectivity index (χ4n) is 1.33. The SMILES string of the molecule is CC(=O)c1ccc(-c2ccc(N)cc2)s1. The van der Waals surface area contributed by atoms with Crippen LogP contribution < -0.4 is 5.73 Å². The molecule has 0 aliphatic heterocycles. The molecule has 15 heavy (non-hydrogen) atoms. The first-order valence-electron chi connectivity index (χ1n) is 4.63. The number of benzene rings is 1. The van der Waals surface area contributed by atoms with E-state index in [0.717, 1.165) is 21.0 Å². The van der Waals surface area contributed by atoms with E-state index < -0.39 is 0 Å². The van der Waals surface area contributed by atoms with Crippen LogP contribution >= 0.6 is 11.3 Å². The molecule has 0 bridgehead atoms. The van der Waals surface area contributed by atoms with Gasteiger partial charge in [-0.05, 0) is 36.8 Å². The van der Waals surface area contributed by atoms with Crippen molar-refractivity contribution in [3.63, 3.8) is 0 Å². The summed E-state index contributed by atoms with van der Waals surface area (Å²) in [6.07, 6.45) is 0. The zero-order chi connectivity index (χ0) is 10.8. The van der Waals surface area contributed by atoms with Crippen LogP contribution in [0.3, 0.4) is 0 Å². The van der Waals surface area contributed by atoms with Crippen LogP contribution in [-0.2, 0) is 0 Å². The van der Waals surface area contributed by atoms with Gasteiger partial charge in [0.1, 0.15) is 0 Å². The Kier molecular flexibility index (Phi) is 2.56. The maximum absolute atomic E-state index is 11.1. The highest BCUT2D eigenvalue weighted by molar-refractivity contribution is 7.17. The van der Waals surface area contributed by atoms with Crippen LogP contribution in [0.5, 0.6) is 0 Å². The molecule has 1 heterocycles. The van der Waals surface area contributed by atoms with Gasteiger partial charge in [-0.1, -0.05) is 12.1 Å². The summed E-state index contributed by atoms with van der Waals surface area (Å²) in [5.74, 6) is 0.113. The Morgan fingerprint density at radius 2 is 1.80 bits per heavy atom. The molecular formula is C12H11NOS. The summed E-state index contributed by atoms with van der Waals surface area (Å²) in [7, 11) is 0. The molecule has 76 valence electrons. The molecule has 0 unspecified atom stereocenters. The number of carbonyl (C=O) groups is 1. The number of ketones is 1. The van der Waals surface area contributed by atoms with Crippen LogP contribution in [0.1, 0.15) is 16.6 Å². The number of anilines is 1. The monoisotopic (exact) mass is 217 g/mol. The van der Waals surface area contributed by atoms with E-state index in [0.29, 0.717) is 0 Å². The number of carbonyl (C=O) groups excluding carboxylic acids is 1. The number of nitrogen functional groups attached to an aromatic ring is 1. The Balaban J connectivity index is 2.37. The van der Waals surface area contributed by atoms with Gasteiger partial charge in [0.05, 0.1) is 4.88 Å². The molecule has 0 aliphatic rings. The number of thiophene rings is 1. The Morgan fingerprint density at radius 1 is 1.13 bits per heavy atom. The van der Waals surface area contributed by atoms with Crippen LogP contribution in [0.25, 0.3) is 10.4 Å². The molecule has 2 rings (SSSR count). The minimum Gasteiger partial charge on any atom is -0.399 e. The first-order valence-corrected chi connectivity index (χ1v) is 5.45. The van der Waals surface area contributed by atoms with Crippen molar-refractivity contribution in [2.24, 2.45) is 0 Å². The van der Waals surface area contributed by atoms with Gasteiger partial charge in [0.25, 0.3) is 0 Å². The fraction of sp³-hybridized carbons (Fsp3) is 0.0833. The third-order valence-electron chi connectivity index (χ3n) is 2.15. The van der Waals surface area contributed by atoms with E-state index in [2.05, 4.69) is 0 Å². The van der Waals surface area contributed by atoms with Crippen LogP contribution in [0, 0.1) is 0 Å². The van der Waals surface area contributed by atoms with Crippen molar-refractivity contribution in [3.8, 4) is 10.4 Å². The predicted molar refractivity (Wildman–Crippen MR) is 64.2 cm³/mol. The second-order valence-corrected chi connectivity index (χ2v) is 4.43. The second kappa shape index (κ2) is 3.87. The molecule has 0 spiro atoms. The highest BCUT2D eigenvalue weighted by atomic mass is 32.1. The van der Waals surface area contributed by atoms with Crippen LogP contribution in [0.4, 0.5) is 5.69 Å². The van der Waals surface area contributed by atoms with Crippen molar-refractivity contribution < 1.29 is 4.79 Å². The topological polar surface area (TPSA) is 43.1 Å². The third kappa shape index (κ3) is 2.07. The van der Waals surface area contributed by atoms with Gasteiger partial charge in [0.2, 0.25) is 0 Å². The van der Waals surface area contributed by atoms with Gasteiger partial charge in [-0.2, -0.15) is 0 Å². The van der Waals surface area contributed by atoms with Crippen LogP contribution in [-0.4, -0.2) is 5.78 Å². The molecule has 2 nitrogen and oxygen atoms in total. The van der Waals surface area contributed by atoms with E-state index in [9.17, 15) is 4.79 Å². The molecule has 0 atom stereocenters. The number of hydrogen-bond donors (Lipinski definition) is 1. The molecule has 1 aromatic heterocycles. The summed E-state index contributed by atoms with van der Waals surface area (Å²) in [4.78, 5) is 13.0. The summed E-state index contributed by atoms with van der Waals surface area (Å²) in [5.41, 5.74) is 7.46. The molecular weight excluding hydrogens is 206 g/mol. The lowest BCUT2D eigenvalue weighted by atomic mass is 10.2. The summed E-state index contributed by atoms with van der Waals surface area (Å²) < 4.78 is 0. The summed E-state index contributed by atoms with van der Waals surface area (Å²) in [6, 6.07) is 11.5. The van der Waals surface area contributed by atoms with E-state index in [1.807, 2.05) is 36.4 Å². The van der Waals surface area contributed by atoms with Crippen molar-refractivity contribution in [1.29, 1.82) is 0 Å². The third-order valence-corrected chi connectivity index (χ3v) is 3.38. The standard InChI is InChI=1S/C12H11NOS/c1-8(14)11-6-7-12(15-11)9-2-4-10(13)5-3-9/h2-7H,13H2,1H3. The van der Waals surface area contributed by atoms with E-state index in [1.54, 1.807) is 6.92 Å². The van der Waals surface area contributed by atoms with E-state index in [-0.39, 0.29) is 5.78 Å². The highest BCUT2D eigenvalue weighted by Gasteiger charge is 2.05. The first kappa shape index (κ1) is 9.93. The van der Waals surface area contributed by atoms with Crippen LogP contribution in [0.2, 0.25) is 0 Å². The lowest BCUT2D eigenvalue weighted by Gasteiger charge is -1.97. The number of rotatable bonds is 2. The molecule has 0 saturated heterocycles. The van der Waals surface area contributed by atoms with Gasteiger partial charge in [0, 0.05) is 10.6 Å². The molecule has 1 aromatic carbocycles.